The lowest BCUT2D eigenvalue weighted by atomic mass is 9.96. The van der Waals surface area contributed by atoms with E-state index in [9.17, 15) is 25.0 Å². The van der Waals surface area contributed by atoms with Crippen LogP contribution in [0.1, 0.15) is 11.1 Å². The molecule has 0 aromatic heterocycles. The van der Waals surface area contributed by atoms with Gasteiger partial charge in [-0.05, 0) is 29.8 Å². The Morgan fingerprint density at radius 3 is 2.17 bits per heavy atom. The normalized spacial score (nSPS) is 12.2. The van der Waals surface area contributed by atoms with Gasteiger partial charge in [0, 0.05) is 6.42 Å². The summed E-state index contributed by atoms with van der Waals surface area (Å²) < 4.78 is 15.4. The van der Waals surface area contributed by atoms with Crippen molar-refractivity contribution in [1.82, 2.24) is 0 Å². The zero-order chi connectivity index (χ0) is 17.3. The van der Waals surface area contributed by atoms with Crippen molar-refractivity contribution in [2.75, 3.05) is 0 Å². The highest BCUT2D eigenvalue weighted by Crippen LogP contribution is 2.45. The van der Waals surface area contributed by atoms with Crippen LogP contribution < -0.4 is 4.52 Å². The zero-order valence-electron chi connectivity index (χ0n) is 11.7. The summed E-state index contributed by atoms with van der Waals surface area (Å²) in [5, 5.41) is 39.6. The first-order chi connectivity index (χ1) is 10.6. The fraction of sp³-hybridized carbons (Fsp3) is 0.143. The molecule has 0 saturated heterocycles. The molecular weight excluding hydrogens is 327 g/mol. The number of rotatable bonds is 5. The average molecular weight is 342 g/mol. The van der Waals surface area contributed by atoms with Crippen LogP contribution in [0.2, 0.25) is 0 Å². The van der Waals surface area contributed by atoms with Gasteiger partial charge in [0.1, 0.15) is 17.2 Å². The van der Waals surface area contributed by atoms with Crippen LogP contribution >= 0.6 is 7.82 Å². The summed E-state index contributed by atoms with van der Waals surface area (Å²) in [6.07, 6.45) is -0.414. The van der Waals surface area contributed by atoms with Gasteiger partial charge < -0.3 is 24.9 Å². The van der Waals surface area contributed by atoms with Gasteiger partial charge in [-0.2, -0.15) is 0 Å². The van der Waals surface area contributed by atoms with Gasteiger partial charge >= 0.3 is 7.82 Å². The average Bonchev–Trinajstić information content (AvgIpc) is 2.39. The van der Waals surface area contributed by atoms with Crippen molar-refractivity contribution in [3.63, 3.8) is 0 Å². The molecule has 0 heterocycles. The van der Waals surface area contributed by atoms with E-state index < -0.39 is 37.1 Å². The first-order valence-electron chi connectivity index (χ1n) is 6.39. The third-order valence-electron chi connectivity index (χ3n) is 3.01. The summed E-state index contributed by atoms with van der Waals surface area (Å²) in [6.45, 7) is 0. The Morgan fingerprint density at radius 1 is 1.00 bits per heavy atom. The Labute approximate surface area is 131 Å². The molecule has 2 aromatic carbocycles. The third-order valence-corrected chi connectivity index (χ3v) is 3.44. The fourth-order valence-corrected chi connectivity index (χ4v) is 2.52. The Hall–Kier alpha value is -2.09. The molecule has 2 aromatic rings. The molecule has 0 bridgehead atoms. The van der Waals surface area contributed by atoms with Crippen molar-refractivity contribution in [2.24, 2.45) is 0 Å². The molecule has 124 valence electrons. The van der Waals surface area contributed by atoms with E-state index in [1.54, 1.807) is 0 Å². The van der Waals surface area contributed by atoms with Crippen molar-refractivity contribution >= 4 is 7.82 Å². The Kier molecular flexibility index (Phi) is 4.65. The van der Waals surface area contributed by atoms with Crippen LogP contribution in [0.15, 0.2) is 42.5 Å². The number of hydrogen-bond donors (Lipinski definition) is 6. The zero-order valence-corrected chi connectivity index (χ0v) is 12.6. The summed E-state index contributed by atoms with van der Waals surface area (Å²) in [6, 6.07) is 8.99. The molecular formula is C14H15O8P. The molecule has 23 heavy (non-hydrogen) atoms. The molecule has 0 spiro atoms. The quantitative estimate of drug-likeness (QED) is 0.348. The minimum Gasteiger partial charge on any atom is -0.508 e. The van der Waals surface area contributed by atoms with E-state index in [-0.39, 0.29) is 5.75 Å². The van der Waals surface area contributed by atoms with Gasteiger partial charge in [-0.25, -0.2) is 4.57 Å². The molecule has 0 atom stereocenters. The van der Waals surface area contributed by atoms with Crippen LogP contribution in [0.3, 0.4) is 0 Å². The molecule has 0 unspecified atom stereocenters. The molecule has 8 nitrogen and oxygen atoms in total. The highest BCUT2D eigenvalue weighted by molar-refractivity contribution is 7.46. The van der Waals surface area contributed by atoms with Crippen LogP contribution in [0, 0.1) is 0 Å². The summed E-state index contributed by atoms with van der Waals surface area (Å²) >= 11 is 0. The van der Waals surface area contributed by atoms with E-state index in [1.807, 2.05) is 0 Å². The van der Waals surface area contributed by atoms with Crippen LogP contribution in [0.5, 0.6) is 17.2 Å². The van der Waals surface area contributed by atoms with Gasteiger partial charge in [0.2, 0.25) is 5.79 Å². The predicted molar refractivity (Wildman–Crippen MR) is 78.7 cm³/mol. The van der Waals surface area contributed by atoms with E-state index in [0.29, 0.717) is 5.56 Å². The maximum Gasteiger partial charge on any atom is 0.524 e. The lowest BCUT2D eigenvalue weighted by Crippen LogP contribution is -2.28. The van der Waals surface area contributed by atoms with Crippen molar-refractivity contribution in [3.05, 3.63) is 53.6 Å². The van der Waals surface area contributed by atoms with E-state index in [2.05, 4.69) is 4.52 Å². The number of benzene rings is 2. The molecule has 6 N–H and O–H groups in total. The molecule has 0 aliphatic rings. The summed E-state index contributed by atoms with van der Waals surface area (Å²) in [4.78, 5) is 17.8. The minimum atomic E-state index is -4.96. The lowest BCUT2D eigenvalue weighted by molar-refractivity contribution is -0.169. The van der Waals surface area contributed by atoms with Gasteiger partial charge in [0.15, 0.2) is 0 Å². The van der Waals surface area contributed by atoms with Crippen molar-refractivity contribution in [1.29, 1.82) is 0 Å². The lowest BCUT2D eigenvalue weighted by Gasteiger charge is -2.25. The Balaban J connectivity index is 2.42. The van der Waals surface area contributed by atoms with E-state index in [0.717, 1.165) is 12.1 Å². The van der Waals surface area contributed by atoms with Gasteiger partial charge in [-0.15, -0.1) is 0 Å². The second-order valence-electron chi connectivity index (χ2n) is 4.89. The second-order valence-corrected chi connectivity index (χ2v) is 6.06. The van der Waals surface area contributed by atoms with Crippen LogP contribution in [0.25, 0.3) is 0 Å². The first kappa shape index (κ1) is 17.3. The molecule has 0 saturated carbocycles. The standard InChI is InChI=1S/C14H15O8P/c15-10-6-4-9(5-7-10)8-14(17,18)13-11(16)2-1-3-12(13)22-23(19,20)21/h1-7,15-18H,8H2,(H2,19,20,21). The van der Waals surface area contributed by atoms with Gasteiger partial charge in [0.05, 0.1) is 5.56 Å². The van der Waals surface area contributed by atoms with E-state index >= 15 is 0 Å². The van der Waals surface area contributed by atoms with Crippen LogP contribution in [-0.2, 0) is 16.8 Å². The second kappa shape index (κ2) is 6.19. The fourth-order valence-electron chi connectivity index (χ4n) is 2.11. The van der Waals surface area contributed by atoms with Crippen molar-refractivity contribution in [3.8, 4) is 17.2 Å². The monoisotopic (exact) mass is 342 g/mol. The number of phenols is 2. The Morgan fingerprint density at radius 2 is 1.61 bits per heavy atom. The SMILES string of the molecule is O=P(O)(O)Oc1cccc(O)c1C(O)(O)Cc1ccc(O)cc1. The number of hydrogen-bond acceptors (Lipinski definition) is 6. The number of phenolic OH excluding ortho intramolecular Hbond substituents is 2. The third kappa shape index (κ3) is 4.44. The molecule has 0 aliphatic heterocycles. The summed E-state index contributed by atoms with van der Waals surface area (Å²) in [7, 11) is -4.96. The molecule has 0 radical (unpaired) electrons. The van der Waals surface area contributed by atoms with Crippen LogP contribution in [-0.4, -0.2) is 30.2 Å². The molecule has 0 aliphatic carbocycles. The molecule has 0 fully saturated rings. The van der Waals surface area contributed by atoms with Crippen LogP contribution in [0.4, 0.5) is 0 Å². The summed E-state index contributed by atoms with van der Waals surface area (Å²) in [5.74, 6) is -3.82. The number of aromatic hydroxyl groups is 2. The van der Waals surface area contributed by atoms with Gasteiger partial charge in [0.25, 0.3) is 0 Å². The summed E-state index contributed by atoms with van der Waals surface area (Å²) in [5.41, 5.74) is -0.172. The number of phosphoric ester groups is 1. The van der Waals surface area contributed by atoms with E-state index in [1.165, 1.54) is 30.3 Å². The Bertz CT molecular complexity index is 735. The van der Waals surface area contributed by atoms with Gasteiger partial charge in [-0.1, -0.05) is 18.2 Å². The smallest absolute Gasteiger partial charge is 0.508 e. The predicted octanol–water partition coefficient (Wildman–Crippen LogP) is 0.949. The van der Waals surface area contributed by atoms with Crippen molar-refractivity contribution in [2.45, 2.75) is 12.2 Å². The van der Waals surface area contributed by atoms with E-state index in [4.69, 9.17) is 9.79 Å². The number of phosphoric acid groups is 1. The first-order valence-corrected chi connectivity index (χ1v) is 7.92. The minimum absolute atomic E-state index is 0.0108. The molecule has 9 heteroatoms. The largest absolute Gasteiger partial charge is 0.524 e. The highest BCUT2D eigenvalue weighted by atomic mass is 31.2. The molecule has 2 rings (SSSR count). The maximum absolute atomic E-state index is 11.0. The topological polar surface area (TPSA) is 148 Å². The molecule has 0 amide bonds. The van der Waals surface area contributed by atoms with Gasteiger partial charge in [-0.3, -0.25) is 9.79 Å². The van der Waals surface area contributed by atoms with Crippen molar-refractivity contribution < 1.29 is 39.3 Å². The maximum atomic E-state index is 11.0. The number of aliphatic hydroxyl groups is 2. The highest BCUT2D eigenvalue weighted by Gasteiger charge is 2.35.